The zero-order chi connectivity index (χ0) is 17.9. The van der Waals surface area contributed by atoms with Crippen molar-refractivity contribution < 1.29 is 9.52 Å². The zero-order valence-electron chi connectivity index (χ0n) is 15.5. The Morgan fingerprint density at radius 1 is 1.08 bits per heavy atom. The van der Waals surface area contributed by atoms with E-state index < -0.39 is 6.10 Å². The van der Waals surface area contributed by atoms with Crippen molar-refractivity contribution in [3.8, 4) is 0 Å². The maximum absolute atomic E-state index is 10.4. The second-order valence-corrected chi connectivity index (χ2v) is 7.87. The van der Waals surface area contributed by atoms with Gasteiger partial charge in [0, 0.05) is 38.1 Å². The van der Waals surface area contributed by atoms with Crippen LogP contribution >= 0.6 is 0 Å². The topological polar surface area (TPSA) is 52.7 Å². The van der Waals surface area contributed by atoms with Crippen molar-refractivity contribution in [3.63, 3.8) is 0 Å². The number of aliphatic hydroxyl groups excluding tert-OH is 1. The molecule has 2 heterocycles. The average molecular weight is 343 g/mol. The SMILES string of the molecule is CC(C)(C)c1cnc(CN2CCN(C[C@@H](O)c3ccccc3)CC2)o1. The summed E-state index contributed by atoms with van der Waals surface area (Å²) >= 11 is 0. The van der Waals surface area contributed by atoms with Gasteiger partial charge in [-0.25, -0.2) is 4.98 Å². The maximum Gasteiger partial charge on any atom is 0.208 e. The van der Waals surface area contributed by atoms with E-state index in [4.69, 9.17) is 4.42 Å². The molecule has 0 amide bonds. The van der Waals surface area contributed by atoms with Crippen molar-refractivity contribution in [1.29, 1.82) is 0 Å². The minimum atomic E-state index is -0.422. The predicted molar refractivity (Wildman–Crippen MR) is 98.3 cm³/mol. The van der Waals surface area contributed by atoms with Gasteiger partial charge in [0.1, 0.15) is 5.76 Å². The Kier molecular flexibility index (Phi) is 5.57. The molecule has 0 radical (unpaired) electrons. The molecule has 1 aliphatic rings. The normalized spacial score (nSPS) is 18.4. The van der Waals surface area contributed by atoms with E-state index in [0.717, 1.165) is 49.9 Å². The molecule has 0 spiro atoms. The van der Waals surface area contributed by atoms with Gasteiger partial charge in [-0.15, -0.1) is 0 Å². The van der Waals surface area contributed by atoms with Crippen molar-refractivity contribution in [1.82, 2.24) is 14.8 Å². The Morgan fingerprint density at radius 2 is 1.72 bits per heavy atom. The van der Waals surface area contributed by atoms with E-state index in [0.29, 0.717) is 6.54 Å². The van der Waals surface area contributed by atoms with Crippen LogP contribution in [0.15, 0.2) is 40.9 Å². The highest BCUT2D eigenvalue weighted by Crippen LogP contribution is 2.23. The fraction of sp³-hybridized carbons (Fsp3) is 0.550. The summed E-state index contributed by atoms with van der Waals surface area (Å²) in [5.41, 5.74) is 0.983. The predicted octanol–water partition coefficient (Wildman–Crippen LogP) is 2.82. The summed E-state index contributed by atoms with van der Waals surface area (Å²) in [5.74, 6) is 1.73. The number of nitrogens with zero attached hydrogens (tertiary/aromatic N) is 3. The summed E-state index contributed by atoms with van der Waals surface area (Å²) < 4.78 is 5.89. The van der Waals surface area contributed by atoms with Crippen LogP contribution in [0.4, 0.5) is 0 Å². The van der Waals surface area contributed by atoms with Crippen LogP contribution in [0.1, 0.15) is 44.1 Å². The van der Waals surface area contributed by atoms with E-state index in [9.17, 15) is 5.11 Å². The van der Waals surface area contributed by atoms with Gasteiger partial charge in [-0.05, 0) is 5.56 Å². The van der Waals surface area contributed by atoms with E-state index >= 15 is 0 Å². The summed E-state index contributed by atoms with van der Waals surface area (Å²) in [6.07, 6.45) is 1.43. The summed E-state index contributed by atoms with van der Waals surface area (Å²) in [4.78, 5) is 9.11. The van der Waals surface area contributed by atoms with Gasteiger partial charge in [-0.3, -0.25) is 9.80 Å². The fourth-order valence-electron chi connectivity index (χ4n) is 3.08. The molecule has 5 heteroatoms. The highest BCUT2D eigenvalue weighted by atomic mass is 16.4. The molecule has 136 valence electrons. The quantitative estimate of drug-likeness (QED) is 0.905. The summed E-state index contributed by atoms with van der Waals surface area (Å²) in [6, 6.07) is 9.88. The molecule has 1 aromatic carbocycles. The van der Waals surface area contributed by atoms with Crippen molar-refractivity contribution in [2.45, 2.75) is 38.8 Å². The molecule has 2 aromatic rings. The Bertz CT molecular complexity index is 655. The Labute approximate surface area is 150 Å². The van der Waals surface area contributed by atoms with Crippen LogP contribution < -0.4 is 0 Å². The molecule has 1 fully saturated rings. The van der Waals surface area contributed by atoms with Gasteiger partial charge in [0.15, 0.2) is 0 Å². The lowest BCUT2D eigenvalue weighted by Crippen LogP contribution is -2.47. The molecule has 1 atom stereocenters. The summed E-state index contributed by atoms with van der Waals surface area (Å²) in [6.45, 7) is 11.7. The monoisotopic (exact) mass is 343 g/mol. The third-order valence-corrected chi connectivity index (χ3v) is 4.73. The number of hydrogen-bond donors (Lipinski definition) is 1. The van der Waals surface area contributed by atoms with Crippen LogP contribution in [0, 0.1) is 0 Å². The molecule has 5 nitrogen and oxygen atoms in total. The molecule has 25 heavy (non-hydrogen) atoms. The number of β-amino-alcohol motifs (C(OH)–C–C–N with tert-alkyl or cyclic N) is 1. The molecule has 0 unspecified atom stereocenters. The second-order valence-electron chi connectivity index (χ2n) is 7.87. The lowest BCUT2D eigenvalue weighted by molar-refractivity contribution is 0.0669. The van der Waals surface area contributed by atoms with Crippen LogP contribution in [0.3, 0.4) is 0 Å². The largest absolute Gasteiger partial charge is 0.444 e. The maximum atomic E-state index is 10.4. The second kappa shape index (κ2) is 7.68. The number of hydrogen-bond acceptors (Lipinski definition) is 5. The van der Waals surface area contributed by atoms with Crippen LogP contribution in [0.5, 0.6) is 0 Å². The van der Waals surface area contributed by atoms with Gasteiger partial charge >= 0.3 is 0 Å². The van der Waals surface area contributed by atoms with Gasteiger partial charge in [0.2, 0.25) is 5.89 Å². The minimum Gasteiger partial charge on any atom is -0.444 e. The molecule has 0 bridgehead atoms. The molecule has 0 saturated carbocycles. The molecular formula is C20H29N3O2. The van der Waals surface area contributed by atoms with Crippen LogP contribution in [-0.4, -0.2) is 52.6 Å². The molecule has 1 aliphatic heterocycles. The molecule has 1 aromatic heterocycles. The van der Waals surface area contributed by atoms with Gasteiger partial charge in [0.05, 0.1) is 18.8 Å². The number of aliphatic hydroxyl groups is 1. The molecule has 3 rings (SSSR count). The third-order valence-electron chi connectivity index (χ3n) is 4.73. The third kappa shape index (κ3) is 4.91. The van der Waals surface area contributed by atoms with Crippen molar-refractivity contribution in [2.24, 2.45) is 0 Å². The first-order valence-corrected chi connectivity index (χ1v) is 9.05. The number of rotatable bonds is 5. The Balaban J connectivity index is 1.46. The molecule has 1 N–H and O–H groups in total. The van der Waals surface area contributed by atoms with E-state index in [2.05, 4.69) is 35.6 Å². The van der Waals surface area contributed by atoms with Gasteiger partial charge in [-0.1, -0.05) is 51.1 Å². The summed E-state index contributed by atoms with van der Waals surface area (Å²) in [7, 11) is 0. The Morgan fingerprint density at radius 3 is 2.32 bits per heavy atom. The smallest absolute Gasteiger partial charge is 0.208 e. The van der Waals surface area contributed by atoms with E-state index in [1.165, 1.54) is 0 Å². The van der Waals surface area contributed by atoms with Crippen LogP contribution in [-0.2, 0) is 12.0 Å². The van der Waals surface area contributed by atoms with Crippen LogP contribution in [0.2, 0.25) is 0 Å². The number of oxazole rings is 1. The van der Waals surface area contributed by atoms with Crippen LogP contribution in [0.25, 0.3) is 0 Å². The standard InChI is InChI=1S/C20H29N3O2/c1-20(2,3)18-13-21-19(25-18)15-23-11-9-22(10-12-23)14-17(24)16-7-5-4-6-8-16/h4-8,13,17,24H,9-12,14-15H2,1-3H3/t17-/m1/s1. The fourth-order valence-corrected chi connectivity index (χ4v) is 3.08. The highest BCUT2D eigenvalue weighted by molar-refractivity contribution is 5.17. The van der Waals surface area contributed by atoms with Crippen molar-refractivity contribution >= 4 is 0 Å². The number of aromatic nitrogens is 1. The first-order chi connectivity index (χ1) is 11.9. The van der Waals surface area contributed by atoms with E-state index in [-0.39, 0.29) is 5.41 Å². The molecule has 1 saturated heterocycles. The number of piperazine rings is 1. The minimum absolute atomic E-state index is 0.00246. The van der Waals surface area contributed by atoms with E-state index in [1.807, 2.05) is 36.5 Å². The Hall–Kier alpha value is -1.69. The van der Waals surface area contributed by atoms with Gasteiger partial charge in [-0.2, -0.15) is 0 Å². The van der Waals surface area contributed by atoms with Crippen molar-refractivity contribution in [3.05, 3.63) is 53.7 Å². The highest BCUT2D eigenvalue weighted by Gasteiger charge is 2.23. The summed E-state index contributed by atoms with van der Waals surface area (Å²) in [5, 5.41) is 10.4. The lowest BCUT2D eigenvalue weighted by Gasteiger charge is -2.35. The lowest BCUT2D eigenvalue weighted by atomic mass is 9.94. The first-order valence-electron chi connectivity index (χ1n) is 9.05. The molecular weight excluding hydrogens is 314 g/mol. The number of benzene rings is 1. The molecule has 0 aliphatic carbocycles. The van der Waals surface area contributed by atoms with Crippen molar-refractivity contribution in [2.75, 3.05) is 32.7 Å². The zero-order valence-corrected chi connectivity index (χ0v) is 15.5. The van der Waals surface area contributed by atoms with E-state index in [1.54, 1.807) is 0 Å². The van der Waals surface area contributed by atoms with Gasteiger partial charge < -0.3 is 9.52 Å². The first kappa shape index (κ1) is 18.1. The van der Waals surface area contributed by atoms with Gasteiger partial charge in [0.25, 0.3) is 0 Å². The average Bonchev–Trinajstić information content (AvgIpc) is 3.06.